The molecule has 1 fully saturated rings. The smallest absolute Gasteiger partial charge is 0.320 e. The highest BCUT2D eigenvalue weighted by molar-refractivity contribution is 5.94. The Balaban J connectivity index is 2.48. The normalized spacial score (nSPS) is 17.4. The molecule has 104 valence electrons. The molecule has 0 radical (unpaired) electrons. The van der Waals surface area contributed by atoms with Crippen LogP contribution in [0.5, 0.6) is 0 Å². The molecule has 1 aliphatic rings. The average Bonchev–Trinajstić information content (AvgIpc) is 2.88. The van der Waals surface area contributed by atoms with Crippen molar-refractivity contribution < 1.29 is 19.1 Å². The van der Waals surface area contributed by atoms with Crippen LogP contribution in [0.15, 0.2) is 0 Å². The van der Waals surface area contributed by atoms with Crippen LogP contribution in [-0.4, -0.2) is 25.7 Å². The molecule has 0 N–H and O–H groups in total. The molecule has 0 aromatic rings. The highest BCUT2D eigenvalue weighted by Crippen LogP contribution is 2.31. The van der Waals surface area contributed by atoms with Crippen LogP contribution in [-0.2, 0) is 19.1 Å². The van der Waals surface area contributed by atoms with Crippen LogP contribution in [0, 0.1) is 11.8 Å². The lowest BCUT2D eigenvalue weighted by molar-refractivity contribution is -0.161. The minimum atomic E-state index is -0.727. The molecule has 1 unspecified atom stereocenters. The van der Waals surface area contributed by atoms with Crippen molar-refractivity contribution in [2.45, 2.75) is 51.9 Å². The molecular formula is C14H24O4. The molecule has 4 nitrogen and oxygen atoms in total. The van der Waals surface area contributed by atoms with Gasteiger partial charge in [-0.1, -0.05) is 39.0 Å². The van der Waals surface area contributed by atoms with Crippen LogP contribution >= 0.6 is 0 Å². The Hall–Kier alpha value is -1.06. The van der Waals surface area contributed by atoms with Gasteiger partial charge in [0.05, 0.1) is 13.7 Å². The first-order valence-corrected chi connectivity index (χ1v) is 6.93. The van der Waals surface area contributed by atoms with E-state index >= 15 is 0 Å². The molecule has 0 aromatic heterocycles. The molecule has 0 heterocycles. The standard InChI is InChI=1S/C14H24O4/c1-3-4-9-18-14(16)12(13(15)17-2)10-11-7-5-6-8-11/h11-12H,3-10H2,1-2H3. The van der Waals surface area contributed by atoms with Crippen molar-refractivity contribution >= 4 is 11.9 Å². The minimum Gasteiger partial charge on any atom is -0.468 e. The largest absolute Gasteiger partial charge is 0.468 e. The van der Waals surface area contributed by atoms with Gasteiger partial charge in [-0.15, -0.1) is 0 Å². The lowest BCUT2D eigenvalue weighted by Gasteiger charge is -2.17. The van der Waals surface area contributed by atoms with Gasteiger partial charge in [-0.05, 0) is 18.8 Å². The molecule has 1 saturated carbocycles. The second kappa shape index (κ2) is 8.11. The van der Waals surface area contributed by atoms with Gasteiger partial charge >= 0.3 is 11.9 Å². The molecule has 0 aromatic carbocycles. The van der Waals surface area contributed by atoms with Crippen molar-refractivity contribution in [2.24, 2.45) is 11.8 Å². The number of hydrogen-bond donors (Lipinski definition) is 0. The van der Waals surface area contributed by atoms with Crippen LogP contribution in [0.1, 0.15) is 51.9 Å². The van der Waals surface area contributed by atoms with E-state index in [1.807, 2.05) is 6.92 Å². The van der Waals surface area contributed by atoms with Gasteiger partial charge in [-0.25, -0.2) is 0 Å². The maximum absolute atomic E-state index is 11.9. The summed E-state index contributed by atoms with van der Waals surface area (Å²) in [5.74, 6) is -1.13. The van der Waals surface area contributed by atoms with E-state index in [2.05, 4.69) is 0 Å². The van der Waals surface area contributed by atoms with E-state index in [0.29, 0.717) is 18.9 Å². The first-order chi connectivity index (χ1) is 8.69. The third kappa shape index (κ3) is 4.67. The lowest BCUT2D eigenvalue weighted by Crippen LogP contribution is -2.29. The second-order valence-electron chi connectivity index (χ2n) is 4.98. The Morgan fingerprint density at radius 1 is 1.22 bits per heavy atom. The van der Waals surface area contributed by atoms with Crippen LogP contribution in [0.2, 0.25) is 0 Å². The molecule has 0 aliphatic heterocycles. The van der Waals surface area contributed by atoms with Crippen LogP contribution in [0.25, 0.3) is 0 Å². The second-order valence-corrected chi connectivity index (χ2v) is 4.98. The van der Waals surface area contributed by atoms with Gasteiger partial charge in [0.25, 0.3) is 0 Å². The summed E-state index contributed by atoms with van der Waals surface area (Å²) in [6.07, 6.45) is 7.00. The first-order valence-electron chi connectivity index (χ1n) is 6.93. The molecule has 0 saturated heterocycles. The van der Waals surface area contributed by atoms with Crippen LogP contribution < -0.4 is 0 Å². The van der Waals surface area contributed by atoms with Crippen molar-refractivity contribution in [2.75, 3.05) is 13.7 Å². The number of methoxy groups -OCH3 is 1. The van der Waals surface area contributed by atoms with Gasteiger partial charge in [-0.3, -0.25) is 9.59 Å². The fraction of sp³-hybridized carbons (Fsp3) is 0.857. The van der Waals surface area contributed by atoms with E-state index in [9.17, 15) is 9.59 Å². The highest BCUT2D eigenvalue weighted by atomic mass is 16.5. The Kier molecular flexibility index (Phi) is 6.76. The predicted molar refractivity (Wildman–Crippen MR) is 67.9 cm³/mol. The van der Waals surface area contributed by atoms with Crippen molar-refractivity contribution in [3.05, 3.63) is 0 Å². The zero-order valence-electron chi connectivity index (χ0n) is 11.4. The molecule has 0 spiro atoms. The maximum atomic E-state index is 11.9. The molecule has 0 bridgehead atoms. The third-order valence-electron chi connectivity index (χ3n) is 3.56. The monoisotopic (exact) mass is 256 g/mol. The summed E-state index contributed by atoms with van der Waals surface area (Å²) in [5, 5.41) is 0. The van der Waals surface area contributed by atoms with Gasteiger partial charge in [0.1, 0.15) is 0 Å². The van der Waals surface area contributed by atoms with E-state index < -0.39 is 17.9 Å². The first kappa shape index (κ1) is 15.0. The molecule has 4 heteroatoms. The quantitative estimate of drug-likeness (QED) is 0.399. The molecule has 0 amide bonds. The summed E-state index contributed by atoms with van der Waals surface area (Å²) < 4.78 is 9.85. The van der Waals surface area contributed by atoms with Crippen molar-refractivity contribution in [3.63, 3.8) is 0 Å². The molecule has 1 rings (SSSR count). The van der Waals surface area contributed by atoms with Crippen molar-refractivity contribution in [1.82, 2.24) is 0 Å². The number of hydrogen-bond acceptors (Lipinski definition) is 4. The van der Waals surface area contributed by atoms with E-state index in [4.69, 9.17) is 9.47 Å². The number of carbonyl (C=O) groups excluding carboxylic acids is 2. The van der Waals surface area contributed by atoms with Gasteiger partial charge in [-0.2, -0.15) is 0 Å². The van der Waals surface area contributed by atoms with Gasteiger partial charge in [0, 0.05) is 0 Å². The maximum Gasteiger partial charge on any atom is 0.320 e. The summed E-state index contributed by atoms with van der Waals surface area (Å²) in [7, 11) is 1.32. The van der Waals surface area contributed by atoms with Gasteiger partial charge in [0.15, 0.2) is 5.92 Å². The summed E-state index contributed by atoms with van der Waals surface area (Å²) in [4.78, 5) is 23.5. The fourth-order valence-corrected chi connectivity index (χ4v) is 2.43. The Morgan fingerprint density at radius 2 is 1.89 bits per heavy atom. The zero-order valence-corrected chi connectivity index (χ0v) is 11.4. The van der Waals surface area contributed by atoms with Gasteiger partial charge < -0.3 is 9.47 Å². The summed E-state index contributed by atoms with van der Waals surface area (Å²) in [6.45, 7) is 2.43. The summed E-state index contributed by atoms with van der Waals surface area (Å²) in [5.41, 5.74) is 0. The number of esters is 2. The Labute approximate surface area is 109 Å². The third-order valence-corrected chi connectivity index (χ3v) is 3.56. The number of unbranched alkanes of at least 4 members (excludes halogenated alkanes) is 1. The Morgan fingerprint density at radius 3 is 2.44 bits per heavy atom. The molecule has 1 atom stereocenters. The van der Waals surface area contributed by atoms with E-state index in [0.717, 1.165) is 25.7 Å². The average molecular weight is 256 g/mol. The van der Waals surface area contributed by atoms with E-state index in [-0.39, 0.29) is 0 Å². The van der Waals surface area contributed by atoms with Crippen LogP contribution in [0.3, 0.4) is 0 Å². The molecule has 1 aliphatic carbocycles. The van der Waals surface area contributed by atoms with E-state index in [1.165, 1.54) is 20.0 Å². The summed E-state index contributed by atoms with van der Waals surface area (Å²) >= 11 is 0. The summed E-state index contributed by atoms with van der Waals surface area (Å²) in [6, 6.07) is 0. The number of rotatable bonds is 7. The fourth-order valence-electron chi connectivity index (χ4n) is 2.43. The SMILES string of the molecule is CCCCOC(=O)C(CC1CCCC1)C(=O)OC. The minimum absolute atomic E-state index is 0.396. The predicted octanol–water partition coefficient (Wildman–Crippen LogP) is 2.70. The van der Waals surface area contributed by atoms with E-state index in [1.54, 1.807) is 0 Å². The molecular weight excluding hydrogens is 232 g/mol. The van der Waals surface area contributed by atoms with Crippen molar-refractivity contribution in [3.8, 4) is 0 Å². The highest BCUT2D eigenvalue weighted by Gasteiger charge is 2.32. The van der Waals surface area contributed by atoms with Gasteiger partial charge in [0.2, 0.25) is 0 Å². The number of ether oxygens (including phenoxy) is 2. The number of carbonyl (C=O) groups is 2. The van der Waals surface area contributed by atoms with Crippen molar-refractivity contribution in [1.29, 1.82) is 0 Å². The molecule has 18 heavy (non-hydrogen) atoms. The topological polar surface area (TPSA) is 52.6 Å². The lowest BCUT2D eigenvalue weighted by atomic mass is 9.93. The zero-order chi connectivity index (χ0) is 13.4. The Bertz CT molecular complexity index is 269. The van der Waals surface area contributed by atoms with Crippen LogP contribution in [0.4, 0.5) is 0 Å².